The number of halogens is 1. The Morgan fingerprint density at radius 2 is 1.67 bits per heavy atom. The summed E-state index contributed by atoms with van der Waals surface area (Å²) in [5, 5.41) is 17.2. The molecule has 3 rings (SSSR count). The number of urea groups is 1. The fourth-order valence-electron chi connectivity index (χ4n) is 5.25. The van der Waals surface area contributed by atoms with Crippen molar-refractivity contribution < 1.29 is 24.2 Å². The van der Waals surface area contributed by atoms with E-state index in [0.29, 0.717) is 31.0 Å². The Labute approximate surface area is 236 Å². The summed E-state index contributed by atoms with van der Waals surface area (Å²) < 4.78 is 5.39. The highest BCUT2D eigenvalue weighted by Crippen LogP contribution is 2.28. The predicted octanol–water partition coefficient (Wildman–Crippen LogP) is 3.61. The number of alkyl carbamates (subject to hydrolysis) is 1. The largest absolute Gasteiger partial charge is 0.444 e. The van der Waals surface area contributed by atoms with Crippen LogP contribution in [0, 0.1) is 0 Å². The fourth-order valence-corrected chi connectivity index (χ4v) is 5.37. The van der Waals surface area contributed by atoms with Gasteiger partial charge in [0.2, 0.25) is 0 Å². The van der Waals surface area contributed by atoms with E-state index >= 15 is 0 Å². The van der Waals surface area contributed by atoms with Gasteiger partial charge in [-0.3, -0.25) is 10.2 Å². The Balaban J connectivity index is 1.62. The lowest BCUT2D eigenvalue weighted by Gasteiger charge is -2.43. The zero-order valence-electron chi connectivity index (χ0n) is 23.4. The average molecular weight is 566 g/mol. The van der Waals surface area contributed by atoms with Crippen LogP contribution in [0.5, 0.6) is 0 Å². The lowest BCUT2D eigenvalue weighted by molar-refractivity contribution is -0.129. The van der Waals surface area contributed by atoms with E-state index < -0.39 is 17.7 Å². The number of piperidine rings is 1. The third-order valence-corrected chi connectivity index (χ3v) is 7.33. The molecule has 2 aliphatic rings. The number of hydrogen-bond acceptors (Lipinski definition) is 6. The van der Waals surface area contributed by atoms with Crippen LogP contribution in [-0.2, 0) is 16.0 Å². The molecule has 0 unspecified atom stereocenters. The summed E-state index contributed by atoms with van der Waals surface area (Å²) in [6.07, 6.45) is 6.45. The molecule has 4 amide bonds. The number of benzene rings is 1. The molecule has 11 heteroatoms. The molecule has 1 saturated carbocycles. The van der Waals surface area contributed by atoms with Crippen LogP contribution in [0.3, 0.4) is 0 Å². The van der Waals surface area contributed by atoms with Crippen molar-refractivity contribution >= 4 is 29.6 Å². The number of carbonyl (C=O) groups excluding carboxylic acids is 3. The first-order valence-electron chi connectivity index (χ1n) is 14.0. The van der Waals surface area contributed by atoms with E-state index in [1.807, 2.05) is 22.0 Å². The van der Waals surface area contributed by atoms with Gasteiger partial charge in [-0.25, -0.2) is 14.6 Å². The van der Waals surface area contributed by atoms with Crippen LogP contribution in [0.4, 0.5) is 9.59 Å². The minimum Gasteiger partial charge on any atom is -0.444 e. The van der Waals surface area contributed by atoms with Crippen LogP contribution in [0.25, 0.3) is 0 Å². The van der Waals surface area contributed by atoms with E-state index in [9.17, 15) is 19.5 Å². The van der Waals surface area contributed by atoms with Gasteiger partial charge in [0, 0.05) is 43.2 Å². The lowest BCUT2D eigenvalue weighted by atomic mass is 9.91. The van der Waals surface area contributed by atoms with E-state index in [0.717, 1.165) is 31.2 Å². The number of hydrogen-bond donors (Lipinski definition) is 4. The van der Waals surface area contributed by atoms with Crippen LogP contribution >= 0.6 is 11.6 Å². The molecule has 0 bridgehead atoms. The summed E-state index contributed by atoms with van der Waals surface area (Å²) in [6, 6.07) is 6.44. The van der Waals surface area contributed by atoms with Crippen LogP contribution in [0.15, 0.2) is 24.3 Å². The monoisotopic (exact) mass is 565 g/mol. The molecular formula is C28H44ClN5O5. The van der Waals surface area contributed by atoms with Crippen LogP contribution in [0.1, 0.15) is 71.3 Å². The number of aliphatic hydroxyl groups is 1. The van der Waals surface area contributed by atoms with E-state index in [1.165, 1.54) is 6.42 Å². The van der Waals surface area contributed by atoms with Gasteiger partial charge in [0.05, 0.1) is 6.61 Å². The molecule has 10 nitrogen and oxygen atoms in total. The van der Waals surface area contributed by atoms with Crippen LogP contribution < -0.4 is 16.1 Å². The van der Waals surface area contributed by atoms with Gasteiger partial charge in [-0.2, -0.15) is 0 Å². The number of nitrogens with one attached hydrogen (secondary N) is 3. The third-order valence-electron chi connectivity index (χ3n) is 7.08. The number of ether oxygens (including phenoxy) is 1. The normalized spacial score (nSPS) is 18.2. The van der Waals surface area contributed by atoms with Gasteiger partial charge >= 0.3 is 12.1 Å². The van der Waals surface area contributed by atoms with Gasteiger partial charge in [0.15, 0.2) is 0 Å². The molecule has 1 aliphatic heterocycles. The van der Waals surface area contributed by atoms with E-state index in [1.54, 1.807) is 32.9 Å². The molecular weight excluding hydrogens is 522 g/mol. The SMILES string of the molecule is CC(C)(C)OC(=O)N[C@H](Cc1ccc(Cl)cc1)C(=O)NN1CCC(N(C(=O)NCCO)C2CCCCC2)CC1. The molecule has 1 saturated heterocycles. The average Bonchev–Trinajstić information content (AvgIpc) is 2.89. The van der Waals surface area contributed by atoms with Crippen molar-refractivity contribution in [2.75, 3.05) is 26.2 Å². The second kappa shape index (κ2) is 14.7. The van der Waals surface area contributed by atoms with E-state index in [4.69, 9.17) is 16.3 Å². The number of aliphatic hydroxyl groups excluding tert-OH is 1. The fraction of sp³-hybridized carbons (Fsp3) is 0.679. The zero-order valence-corrected chi connectivity index (χ0v) is 24.1. The molecule has 1 aliphatic carbocycles. The Bertz CT molecular complexity index is 941. The molecule has 4 N–H and O–H groups in total. The molecule has 1 aromatic carbocycles. The van der Waals surface area contributed by atoms with Crippen LogP contribution in [-0.4, -0.2) is 83.0 Å². The van der Waals surface area contributed by atoms with Crippen molar-refractivity contribution in [3.05, 3.63) is 34.9 Å². The molecule has 1 atom stereocenters. The van der Waals surface area contributed by atoms with Gasteiger partial charge in [-0.1, -0.05) is 43.0 Å². The van der Waals surface area contributed by atoms with Crippen molar-refractivity contribution in [2.45, 2.75) is 95.9 Å². The molecule has 218 valence electrons. The predicted molar refractivity (Wildman–Crippen MR) is 150 cm³/mol. The number of hydrazine groups is 1. The summed E-state index contributed by atoms with van der Waals surface area (Å²) in [5.74, 6) is -0.334. The molecule has 2 fully saturated rings. The minimum atomic E-state index is -0.846. The smallest absolute Gasteiger partial charge is 0.408 e. The molecule has 1 aromatic rings. The molecule has 0 aromatic heterocycles. The summed E-state index contributed by atoms with van der Waals surface area (Å²) in [4.78, 5) is 40.8. The third kappa shape index (κ3) is 10.2. The zero-order chi connectivity index (χ0) is 28.4. The van der Waals surface area contributed by atoms with Crippen molar-refractivity contribution in [3.63, 3.8) is 0 Å². The van der Waals surface area contributed by atoms with Crippen molar-refractivity contribution in [2.24, 2.45) is 0 Å². The highest BCUT2D eigenvalue weighted by molar-refractivity contribution is 6.30. The van der Waals surface area contributed by atoms with Gasteiger partial charge in [0.1, 0.15) is 11.6 Å². The van der Waals surface area contributed by atoms with Gasteiger partial charge in [0.25, 0.3) is 5.91 Å². The summed E-state index contributed by atoms with van der Waals surface area (Å²) in [5.41, 5.74) is 3.13. The van der Waals surface area contributed by atoms with Crippen molar-refractivity contribution in [1.29, 1.82) is 0 Å². The quantitative estimate of drug-likeness (QED) is 0.363. The summed E-state index contributed by atoms with van der Waals surface area (Å²) in [7, 11) is 0. The Kier molecular flexibility index (Phi) is 11.7. The maximum absolute atomic E-state index is 13.3. The second-order valence-electron chi connectivity index (χ2n) is 11.4. The number of rotatable bonds is 9. The highest BCUT2D eigenvalue weighted by Gasteiger charge is 2.35. The first-order chi connectivity index (χ1) is 18.6. The molecule has 0 radical (unpaired) electrons. The highest BCUT2D eigenvalue weighted by atomic mass is 35.5. The van der Waals surface area contributed by atoms with Gasteiger partial charge in [-0.05, 0) is 64.2 Å². The first kappa shape index (κ1) is 31.0. The number of carbonyl (C=O) groups is 3. The van der Waals surface area contributed by atoms with Crippen molar-refractivity contribution in [1.82, 2.24) is 26.0 Å². The Hall–Kier alpha value is -2.56. The minimum absolute atomic E-state index is 0.0599. The maximum atomic E-state index is 13.3. The molecule has 1 heterocycles. The van der Waals surface area contributed by atoms with E-state index in [2.05, 4.69) is 16.1 Å². The van der Waals surface area contributed by atoms with Crippen LogP contribution in [0.2, 0.25) is 5.02 Å². The van der Waals surface area contributed by atoms with E-state index in [-0.39, 0.29) is 43.6 Å². The Morgan fingerprint density at radius 1 is 1.05 bits per heavy atom. The molecule has 39 heavy (non-hydrogen) atoms. The maximum Gasteiger partial charge on any atom is 0.408 e. The topological polar surface area (TPSA) is 123 Å². The lowest BCUT2D eigenvalue weighted by Crippen LogP contribution is -2.59. The summed E-state index contributed by atoms with van der Waals surface area (Å²) in [6.45, 7) is 6.60. The number of nitrogens with zero attached hydrogens (tertiary/aromatic N) is 2. The van der Waals surface area contributed by atoms with Crippen molar-refractivity contribution in [3.8, 4) is 0 Å². The Morgan fingerprint density at radius 3 is 2.26 bits per heavy atom. The standard InChI is InChI=1S/C28H44ClN5O5/c1-28(2,3)39-27(38)31-24(19-20-9-11-21(29)12-10-20)25(36)32-33-16-13-23(14-17-33)34(26(37)30-15-18-35)22-7-5-4-6-8-22/h9-12,22-24,35H,4-8,13-19H2,1-3H3,(H,30,37)(H,31,38)(H,32,36)/t24-/m1/s1. The molecule has 0 spiro atoms. The summed E-state index contributed by atoms with van der Waals surface area (Å²) >= 11 is 6.01. The van der Waals surface area contributed by atoms with Gasteiger partial charge in [-0.15, -0.1) is 0 Å². The van der Waals surface area contributed by atoms with Gasteiger partial charge < -0.3 is 25.4 Å². The second-order valence-corrected chi connectivity index (χ2v) is 11.8. The first-order valence-corrected chi connectivity index (χ1v) is 14.4. The number of amides is 4.